The maximum absolute atomic E-state index is 11.6. The van der Waals surface area contributed by atoms with E-state index < -0.39 is 0 Å². The van der Waals surface area contributed by atoms with Crippen LogP contribution >= 0.6 is 0 Å². The molecule has 1 aliphatic carbocycles. The average Bonchev–Trinajstić information content (AvgIpc) is 3.52. The van der Waals surface area contributed by atoms with Crippen molar-refractivity contribution in [1.82, 2.24) is 9.97 Å². The molecule has 0 unspecified atom stereocenters. The first-order valence-corrected chi connectivity index (χ1v) is 8.88. The van der Waals surface area contributed by atoms with Crippen LogP contribution in [0, 0.1) is 0 Å². The van der Waals surface area contributed by atoms with Crippen molar-refractivity contribution < 1.29 is 9.53 Å². The molecule has 6 heteroatoms. The first kappa shape index (κ1) is 17.0. The summed E-state index contributed by atoms with van der Waals surface area (Å²) in [6.45, 7) is 0. The molecule has 1 fully saturated rings. The van der Waals surface area contributed by atoms with Gasteiger partial charge in [-0.1, -0.05) is 30.3 Å². The van der Waals surface area contributed by atoms with Crippen LogP contribution in [-0.2, 0) is 4.74 Å². The van der Waals surface area contributed by atoms with Crippen LogP contribution < -0.4 is 10.6 Å². The number of anilines is 3. The average molecular weight is 360 g/mol. The Hall–Kier alpha value is -3.41. The minimum absolute atomic E-state index is 0.356. The molecule has 4 rings (SSSR count). The molecule has 2 aromatic carbocycles. The molecule has 1 aromatic heterocycles. The summed E-state index contributed by atoms with van der Waals surface area (Å²) in [5.41, 5.74) is 2.30. The number of hydrogen-bond acceptors (Lipinski definition) is 6. The minimum atomic E-state index is -0.356. The maximum Gasteiger partial charge on any atom is 0.337 e. The molecule has 1 saturated carbocycles. The number of aromatic nitrogens is 2. The second-order valence-corrected chi connectivity index (χ2v) is 6.44. The van der Waals surface area contributed by atoms with Crippen LogP contribution in [0.15, 0.2) is 60.7 Å². The quantitative estimate of drug-likeness (QED) is 0.640. The molecule has 0 aliphatic heterocycles. The van der Waals surface area contributed by atoms with Crippen molar-refractivity contribution in [2.75, 3.05) is 17.7 Å². The number of ether oxygens (including phenoxy) is 1. The van der Waals surface area contributed by atoms with E-state index in [1.165, 1.54) is 20.0 Å². The Bertz CT molecular complexity index is 938. The molecule has 0 bridgehead atoms. The van der Waals surface area contributed by atoms with E-state index >= 15 is 0 Å². The van der Waals surface area contributed by atoms with Gasteiger partial charge >= 0.3 is 5.97 Å². The van der Waals surface area contributed by atoms with E-state index in [2.05, 4.69) is 20.6 Å². The molecule has 6 nitrogen and oxygen atoms in total. The fourth-order valence-corrected chi connectivity index (χ4v) is 2.69. The zero-order valence-corrected chi connectivity index (χ0v) is 15.0. The van der Waals surface area contributed by atoms with Crippen molar-refractivity contribution in [3.8, 4) is 11.4 Å². The van der Waals surface area contributed by atoms with Crippen molar-refractivity contribution in [3.63, 3.8) is 0 Å². The number of nitrogens with one attached hydrogen (secondary N) is 2. The molecule has 0 radical (unpaired) electrons. The van der Waals surface area contributed by atoms with Crippen molar-refractivity contribution in [3.05, 3.63) is 66.2 Å². The molecule has 0 atom stereocenters. The first-order chi connectivity index (χ1) is 13.2. The summed E-state index contributed by atoms with van der Waals surface area (Å²) in [5.74, 6) is 1.80. The number of hydrogen-bond donors (Lipinski definition) is 2. The topological polar surface area (TPSA) is 76.1 Å². The van der Waals surface area contributed by atoms with Gasteiger partial charge in [-0.25, -0.2) is 14.8 Å². The molecule has 1 aliphatic rings. The van der Waals surface area contributed by atoms with Crippen LogP contribution in [0.2, 0.25) is 0 Å². The molecule has 0 spiro atoms. The van der Waals surface area contributed by atoms with Crippen molar-refractivity contribution >= 4 is 23.3 Å². The summed E-state index contributed by atoms with van der Waals surface area (Å²) in [7, 11) is 1.37. The van der Waals surface area contributed by atoms with Gasteiger partial charge in [-0.2, -0.15) is 0 Å². The van der Waals surface area contributed by atoms with Gasteiger partial charge in [0, 0.05) is 23.4 Å². The smallest absolute Gasteiger partial charge is 0.337 e. The van der Waals surface area contributed by atoms with E-state index in [1.54, 1.807) is 12.1 Å². The molecular formula is C21H20N4O2. The van der Waals surface area contributed by atoms with Gasteiger partial charge in [-0.3, -0.25) is 0 Å². The summed E-state index contributed by atoms with van der Waals surface area (Å²) in [4.78, 5) is 20.9. The van der Waals surface area contributed by atoms with Gasteiger partial charge in [0.1, 0.15) is 11.6 Å². The number of rotatable bonds is 6. The van der Waals surface area contributed by atoms with E-state index in [0.29, 0.717) is 23.2 Å². The molecule has 27 heavy (non-hydrogen) atoms. The summed E-state index contributed by atoms with van der Waals surface area (Å²) in [6, 6.07) is 19.4. The molecule has 2 N–H and O–H groups in total. The van der Waals surface area contributed by atoms with Crippen molar-refractivity contribution in [2.24, 2.45) is 0 Å². The predicted octanol–water partition coefficient (Wildman–Crippen LogP) is 4.25. The Morgan fingerprint density at radius 2 is 1.70 bits per heavy atom. The van der Waals surface area contributed by atoms with Crippen LogP contribution in [-0.4, -0.2) is 29.1 Å². The zero-order valence-electron chi connectivity index (χ0n) is 15.0. The second kappa shape index (κ2) is 7.45. The highest BCUT2D eigenvalue weighted by Gasteiger charge is 2.22. The lowest BCUT2D eigenvalue weighted by Gasteiger charge is -2.11. The zero-order chi connectivity index (χ0) is 18.6. The van der Waals surface area contributed by atoms with Gasteiger partial charge in [-0.05, 0) is 37.1 Å². The molecule has 136 valence electrons. The summed E-state index contributed by atoms with van der Waals surface area (Å²) in [5, 5.41) is 6.72. The largest absolute Gasteiger partial charge is 0.465 e. The number of nitrogens with zero attached hydrogens (tertiary/aromatic N) is 2. The van der Waals surface area contributed by atoms with Crippen LogP contribution in [0.4, 0.5) is 17.3 Å². The predicted molar refractivity (Wildman–Crippen MR) is 105 cm³/mol. The van der Waals surface area contributed by atoms with Crippen LogP contribution in [0.25, 0.3) is 11.4 Å². The fraction of sp³-hybridized carbons (Fsp3) is 0.190. The summed E-state index contributed by atoms with van der Waals surface area (Å²) < 4.78 is 4.73. The van der Waals surface area contributed by atoms with Crippen molar-refractivity contribution in [1.29, 1.82) is 0 Å². The molecule has 1 heterocycles. The Labute approximate surface area is 157 Å². The number of esters is 1. The first-order valence-electron chi connectivity index (χ1n) is 8.88. The lowest BCUT2D eigenvalue weighted by molar-refractivity contribution is 0.0601. The Balaban J connectivity index is 1.61. The van der Waals surface area contributed by atoms with E-state index in [1.807, 2.05) is 48.5 Å². The van der Waals surface area contributed by atoms with E-state index in [0.717, 1.165) is 17.1 Å². The maximum atomic E-state index is 11.6. The SMILES string of the molecule is COC(=O)c1ccc(Nc2cc(NC3CC3)nc(-c3ccccc3)n2)cc1. The number of benzene rings is 2. The third kappa shape index (κ3) is 4.23. The van der Waals surface area contributed by atoms with Gasteiger partial charge in [0.05, 0.1) is 12.7 Å². The minimum Gasteiger partial charge on any atom is -0.465 e. The van der Waals surface area contributed by atoms with Gasteiger partial charge in [0.15, 0.2) is 5.82 Å². The highest BCUT2D eigenvalue weighted by molar-refractivity contribution is 5.89. The lowest BCUT2D eigenvalue weighted by Crippen LogP contribution is -2.06. The number of carbonyl (C=O) groups excluding carboxylic acids is 1. The number of methoxy groups -OCH3 is 1. The summed E-state index contributed by atoms with van der Waals surface area (Å²) >= 11 is 0. The van der Waals surface area contributed by atoms with Gasteiger partial charge in [0.25, 0.3) is 0 Å². The van der Waals surface area contributed by atoms with E-state index in [-0.39, 0.29) is 5.97 Å². The van der Waals surface area contributed by atoms with Gasteiger partial charge in [0.2, 0.25) is 0 Å². The van der Waals surface area contributed by atoms with Gasteiger partial charge in [-0.15, -0.1) is 0 Å². The highest BCUT2D eigenvalue weighted by Crippen LogP contribution is 2.27. The van der Waals surface area contributed by atoms with Crippen LogP contribution in [0.5, 0.6) is 0 Å². The van der Waals surface area contributed by atoms with Crippen molar-refractivity contribution in [2.45, 2.75) is 18.9 Å². The Kier molecular flexibility index (Phi) is 4.70. The Morgan fingerprint density at radius 1 is 1.00 bits per heavy atom. The number of carbonyl (C=O) groups is 1. The lowest BCUT2D eigenvalue weighted by atomic mass is 10.2. The molecular weight excluding hydrogens is 340 g/mol. The van der Waals surface area contributed by atoms with E-state index in [9.17, 15) is 4.79 Å². The third-order valence-corrected chi connectivity index (χ3v) is 4.27. The fourth-order valence-electron chi connectivity index (χ4n) is 2.69. The molecule has 0 amide bonds. The highest BCUT2D eigenvalue weighted by atomic mass is 16.5. The second-order valence-electron chi connectivity index (χ2n) is 6.44. The molecule has 0 saturated heterocycles. The van der Waals surface area contributed by atoms with Gasteiger partial charge < -0.3 is 15.4 Å². The normalized spacial score (nSPS) is 13.1. The third-order valence-electron chi connectivity index (χ3n) is 4.27. The Morgan fingerprint density at radius 3 is 2.37 bits per heavy atom. The van der Waals surface area contributed by atoms with Crippen LogP contribution in [0.3, 0.4) is 0 Å². The van der Waals surface area contributed by atoms with Crippen LogP contribution in [0.1, 0.15) is 23.2 Å². The monoisotopic (exact) mass is 360 g/mol. The molecule has 3 aromatic rings. The standard InChI is InChI=1S/C21H20N4O2/c1-27-21(26)15-7-9-16(10-8-15)22-18-13-19(23-17-11-12-17)25-20(24-18)14-5-3-2-4-6-14/h2-10,13,17H,11-12H2,1H3,(H2,22,23,24,25). The van der Waals surface area contributed by atoms with E-state index in [4.69, 9.17) is 4.74 Å². The summed E-state index contributed by atoms with van der Waals surface area (Å²) in [6.07, 6.45) is 2.34.